The molecule has 2 aromatic rings. The monoisotopic (exact) mass is 366 g/mol. The van der Waals surface area contributed by atoms with Gasteiger partial charge in [0, 0.05) is 24.0 Å². The number of hydrogen-bond donors (Lipinski definition) is 2. The molecular formula is C19H15FN4O3. The summed E-state index contributed by atoms with van der Waals surface area (Å²) >= 11 is 0. The molecule has 27 heavy (non-hydrogen) atoms. The van der Waals surface area contributed by atoms with Crippen LogP contribution in [0, 0.1) is 36.4 Å². The second-order valence-corrected chi connectivity index (χ2v) is 5.56. The smallest absolute Gasteiger partial charge is 0.293 e. The highest BCUT2D eigenvalue weighted by atomic mass is 19.1. The Balaban J connectivity index is 2.28. The number of nitrogens with zero attached hydrogens (tertiary/aromatic N) is 2. The third-order valence-electron chi connectivity index (χ3n) is 3.91. The minimum absolute atomic E-state index is 0.0639. The zero-order valence-corrected chi connectivity index (χ0v) is 14.6. The van der Waals surface area contributed by atoms with Crippen molar-refractivity contribution in [3.63, 3.8) is 0 Å². The Kier molecular flexibility index (Phi) is 5.74. The second-order valence-electron chi connectivity index (χ2n) is 5.56. The van der Waals surface area contributed by atoms with Crippen molar-refractivity contribution < 1.29 is 18.8 Å². The topological polar surface area (TPSA) is 104 Å². The number of amides is 2. The van der Waals surface area contributed by atoms with E-state index in [1.807, 2.05) is 0 Å². The number of benzene rings is 1. The Morgan fingerprint density at radius 3 is 2.63 bits per heavy atom. The van der Waals surface area contributed by atoms with Crippen LogP contribution in [0.1, 0.15) is 32.1 Å². The zero-order valence-electron chi connectivity index (χ0n) is 14.6. The van der Waals surface area contributed by atoms with Crippen molar-refractivity contribution in [3.05, 3.63) is 52.6 Å². The first-order valence-corrected chi connectivity index (χ1v) is 7.73. The minimum Gasteiger partial charge on any atom is -0.343 e. The van der Waals surface area contributed by atoms with E-state index in [1.165, 1.54) is 22.8 Å². The molecular weight excluding hydrogens is 351 g/mol. The normalized spacial score (nSPS) is 9.81. The van der Waals surface area contributed by atoms with Gasteiger partial charge in [-0.05, 0) is 31.2 Å². The molecule has 1 aromatic carbocycles. The molecule has 2 N–H and O–H groups in total. The average Bonchev–Trinajstić information content (AvgIpc) is 2.95. The SMILES string of the molecule is C#CCNC(=O)C(=O)c1cc(C(=O)Nc2ccc(F)c(C#N)c2)n(C)c1C. The molecule has 0 saturated heterocycles. The van der Waals surface area contributed by atoms with Crippen molar-refractivity contribution in [3.8, 4) is 18.4 Å². The first-order valence-electron chi connectivity index (χ1n) is 7.73. The lowest BCUT2D eigenvalue weighted by molar-refractivity contribution is -0.116. The van der Waals surface area contributed by atoms with Gasteiger partial charge in [-0.3, -0.25) is 14.4 Å². The van der Waals surface area contributed by atoms with Crippen LogP contribution in [0.25, 0.3) is 0 Å². The molecule has 2 amide bonds. The van der Waals surface area contributed by atoms with E-state index in [0.717, 1.165) is 6.07 Å². The van der Waals surface area contributed by atoms with Crippen molar-refractivity contribution in [2.75, 3.05) is 11.9 Å². The molecule has 0 unspecified atom stereocenters. The molecule has 0 atom stereocenters. The summed E-state index contributed by atoms with van der Waals surface area (Å²) < 4.78 is 14.8. The van der Waals surface area contributed by atoms with Crippen LogP contribution >= 0.6 is 0 Å². The van der Waals surface area contributed by atoms with E-state index in [2.05, 4.69) is 16.6 Å². The maximum absolute atomic E-state index is 13.4. The third kappa shape index (κ3) is 4.02. The van der Waals surface area contributed by atoms with Gasteiger partial charge in [0.25, 0.3) is 17.6 Å². The fourth-order valence-electron chi connectivity index (χ4n) is 2.36. The number of aromatic nitrogens is 1. The van der Waals surface area contributed by atoms with E-state index in [0.29, 0.717) is 5.69 Å². The summed E-state index contributed by atoms with van der Waals surface area (Å²) in [5.74, 6) is -0.774. The summed E-state index contributed by atoms with van der Waals surface area (Å²) in [5.41, 5.74) is 0.601. The lowest BCUT2D eigenvalue weighted by atomic mass is 10.1. The highest BCUT2D eigenvalue weighted by molar-refractivity contribution is 6.43. The summed E-state index contributed by atoms with van der Waals surface area (Å²) in [5, 5.41) is 13.7. The predicted octanol–water partition coefficient (Wildman–Crippen LogP) is 1.53. The van der Waals surface area contributed by atoms with Crippen LogP contribution in [0.15, 0.2) is 24.3 Å². The van der Waals surface area contributed by atoms with E-state index in [9.17, 15) is 18.8 Å². The molecule has 0 bridgehead atoms. The van der Waals surface area contributed by atoms with E-state index in [1.54, 1.807) is 20.0 Å². The van der Waals surface area contributed by atoms with Gasteiger partial charge in [0.2, 0.25) is 0 Å². The van der Waals surface area contributed by atoms with Crippen LogP contribution in [0.2, 0.25) is 0 Å². The lowest BCUT2D eigenvalue weighted by Gasteiger charge is -2.07. The van der Waals surface area contributed by atoms with Gasteiger partial charge in [-0.1, -0.05) is 5.92 Å². The molecule has 7 nitrogen and oxygen atoms in total. The number of hydrogen-bond acceptors (Lipinski definition) is 4. The summed E-state index contributed by atoms with van der Waals surface area (Å²) in [4.78, 5) is 36.5. The molecule has 0 aliphatic rings. The van der Waals surface area contributed by atoms with Crippen molar-refractivity contribution in [1.29, 1.82) is 5.26 Å². The van der Waals surface area contributed by atoms with Crippen LogP contribution in [0.4, 0.5) is 10.1 Å². The number of carbonyl (C=O) groups is 3. The van der Waals surface area contributed by atoms with Crippen LogP contribution < -0.4 is 10.6 Å². The summed E-state index contributed by atoms with van der Waals surface area (Å²) in [7, 11) is 1.56. The van der Waals surface area contributed by atoms with Gasteiger partial charge < -0.3 is 15.2 Å². The highest BCUT2D eigenvalue weighted by Gasteiger charge is 2.24. The molecule has 0 saturated carbocycles. The standard InChI is InChI=1S/C19H15FN4O3/c1-4-7-22-19(27)17(25)14-9-16(24(3)11(14)2)18(26)23-13-5-6-15(20)12(8-13)10-21/h1,5-6,8-9H,7H2,2-3H3,(H,22,27)(H,23,26). The van der Waals surface area contributed by atoms with Crippen LogP contribution in [0.5, 0.6) is 0 Å². The molecule has 0 radical (unpaired) electrons. The molecule has 2 rings (SSSR count). The number of rotatable bonds is 5. The summed E-state index contributed by atoms with van der Waals surface area (Å²) in [6.45, 7) is 1.50. The van der Waals surface area contributed by atoms with Gasteiger partial charge in [-0.15, -0.1) is 6.42 Å². The van der Waals surface area contributed by atoms with Crippen LogP contribution in [0.3, 0.4) is 0 Å². The zero-order chi connectivity index (χ0) is 20.1. The fourth-order valence-corrected chi connectivity index (χ4v) is 2.36. The quantitative estimate of drug-likeness (QED) is 0.476. The number of carbonyl (C=O) groups excluding carboxylic acids is 3. The highest BCUT2D eigenvalue weighted by Crippen LogP contribution is 2.18. The molecule has 0 fully saturated rings. The largest absolute Gasteiger partial charge is 0.343 e. The van der Waals surface area contributed by atoms with Crippen molar-refractivity contribution >= 4 is 23.3 Å². The third-order valence-corrected chi connectivity index (χ3v) is 3.91. The van der Waals surface area contributed by atoms with Gasteiger partial charge in [-0.25, -0.2) is 4.39 Å². The molecule has 0 aliphatic carbocycles. The predicted molar refractivity (Wildman–Crippen MR) is 95.4 cm³/mol. The van der Waals surface area contributed by atoms with Crippen molar-refractivity contribution in [2.45, 2.75) is 6.92 Å². The van der Waals surface area contributed by atoms with Gasteiger partial charge in [0.05, 0.1) is 12.1 Å². The molecule has 1 aromatic heterocycles. The number of nitriles is 1. The fraction of sp³-hybridized carbons (Fsp3) is 0.158. The second kappa shape index (κ2) is 7.98. The minimum atomic E-state index is -0.870. The summed E-state index contributed by atoms with van der Waals surface area (Å²) in [6, 6.07) is 6.54. The number of Topliss-reactive ketones (excluding diaryl/α,β-unsaturated/α-hetero) is 1. The molecule has 1 heterocycles. The van der Waals surface area contributed by atoms with E-state index in [4.69, 9.17) is 11.7 Å². The van der Waals surface area contributed by atoms with Crippen molar-refractivity contribution in [2.24, 2.45) is 7.05 Å². The number of anilines is 1. The number of halogens is 1. The first kappa shape index (κ1) is 19.4. The number of ketones is 1. The maximum Gasteiger partial charge on any atom is 0.293 e. The Morgan fingerprint density at radius 1 is 1.30 bits per heavy atom. The Hall–Kier alpha value is -3.91. The lowest BCUT2D eigenvalue weighted by Crippen LogP contribution is -2.31. The maximum atomic E-state index is 13.4. The molecule has 8 heteroatoms. The average molecular weight is 366 g/mol. The van der Waals surface area contributed by atoms with E-state index in [-0.39, 0.29) is 29.1 Å². The molecule has 0 aliphatic heterocycles. The Morgan fingerprint density at radius 2 is 2.00 bits per heavy atom. The Labute approximate surface area is 154 Å². The molecule has 0 spiro atoms. The van der Waals surface area contributed by atoms with E-state index >= 15 is 0 Å². The molecule has 136 valence electrons. The van der Waals surface area contributed by atoms with Crippen LogP contribution in [-0.2, 0) is 11.8 Å². The first-order chi connectivity index (χ1) is 12.8. The van der Waals surface area contributed by atoms with Gasteiger partial charge in [-0.2, -0.15) is 5.26 Å². The Bertz CT molecular complexity index is 1020. The van der Waals surface area contributed by atoms with E-state index < -0.39 is 23.4 Å². The summed E-state index contributed by atoms with van der Waals surface area (Å²) in [6.07, 6.45) is 5.04. The van der Waals surface area contributed by atoms with Gasteiger partial charge in [0.15, 0.2) is 0 Å². The number of nitrogens with one attached hydrogen (secondary N) is 2. The van der Waals surface area contributed by atoms with Crippen LogP contribution in [-0.4, -0.2) is 28.7 Å². The van der Waals surface area contributed by atoms with Crippen molar-refractivity contribution in [1.82, 2.24) is 9.88 Å². The number of terminal acetylenes is 1. The van der Waals surface area contributed by atoms with Gasteiger partial charge >= 0.3 is 0 Å². The van der Waals surface area contributed by atoms with Gasteiger partial charge in [0.1, 0.15) is 17.6 Å².